The summed E-state index contributed by atoms with van der Waals surface area (Å²) < 4.78 is 34.3. The van der Waals surface area contributed by atoms with E-state index in [1.165, 1.54) is 5.56 Å². The Kier molecular flexibility index (Phi) is 7.11. The summed E-state index contributed by atoms with van der Waals surface area (Å²) in [6.45, 7) is 12.4. The van der Waals surface area contributed by atoms with Crippen molar-refractivity contribution >= 4 is 20.9 Å². The molecule has 0 spiro atoms. The van der Waals surface area contributed by atoms with Crippen LogP contribution in [0.1, 0.15) is 77.4 Å². The van der Waals surface area contributed by atoms with Crippen molar-refractivity contribution in [1.29, 1.82) is 0 Å². The maximum absolute atomic E-state index is 12.2. The Hall–Kier alpha value is -0.390. The monoisotopic (exact) mass is 358 g/mol. The zero-order valence-corrected chi connectivity index (χ0v) is 18.5. The molecule has 0 saturated heterocycles. The van der Waals surface area contributed by atoms with Crippen LogP contribution in [-0.4, -0.2) is 13.0 Å². The van der Waals surface area contributed by atoms with E-state index >= 15 is 0 Å². The molecule has 0 atom stereocenters. The quantitative estimate of drug-likeness (QED) is 0.675. The van der Waals surface area contributed by atoms with Gasteiger partial charge in [-0.15, -0.1) is 0 Å². The smallest absolute Gasteiger partial charge is 1.00 e. The van der Waals surface area contributed by atoms with Crippen LogP contribution in [0.25, 0.3) is 10.8 Å². The average Bonchev–Trinajstić information content (AvgIpc) is 2.42. The molecule has 0 radical (unpaired) electrons. The van der Waals surface area contributed by atoms with E-state index in [1.54, 1.807) is 6.07 Å². The number of benzene rings is 2. The van der Waals surface area contributed by atoms with Crippen LogP contribution in [0.3, 0.4) is 0 Å². The Morgan fingerprint density at radius 1 is 0.792 bits per heavy atom. The van der Waals surface area contributed by atoms with Crippen LogP contribution in [0.4, 0.5) is 0 Å². The summed E-state index contributed by atoms with van der Waals surface area (Å²) >= 11 is 0. The van der Waals surface area contributed by atoms with Gasteiger partial charge in [0, 0.05) is 5.39 Å². The van der Waals surface area contributed by atoms with Gasteiger partial charge in [0.2, 0.25) is 0 Å². The van der Waals surface area contributed by atoms with E-state index in [1.807, 2.05) is 32.0 Å². The Morgan fingerprint density at radius 3 is 1.58 bits per heavy atom. The molecule has 0 aliphatic carbocycles. The van der Waals surface area contributed by atoms with Gasteiger partial charge in [-0.2, -0.15) is 8.42 Å². The third-order valence-corrected chi connectivity index (χ3v) is 5.23. The molecule has 24 heavy (non-hydrogen) atoms. The fourth-order valence-electron chi connectivity index (χ4n) is 3.57. The molecule has 0 amide bonds. The van der Waals surface area contributed by atoms with E-state index < -0.39 is 10.1 Å². The summed E-state index contributed by atoms with van der Waals surface area (Å²) in [5.41, 5.74) is 3.00. The van der Waals surface area contributed by atoms with Gasteiger partial charge in [-0.3, -0.25) is 4.55 Å². The van der Waals surface area contributed by atoms with Gasteiger partial charge in [0.25, 0.3) is 10.1 Å². The molecule has 0 unspecified atom stereocenters. The summed E-state index contributed by atoms with van der Waals surface area (Å²) in [6, 6.07) is 7.48. The largest absolute Gasteiger partial charge is 1.00 e. The van der Waals surface area contributed by atoms with Crippen LogP contribution in [-0.2, 0) is 10.1 Å². The molecule has 0 aromatic heterocycles. The first-order chi connectivity index (χ1) is 10.6. The van der Waals surface area contributed by atoms with Gasteiger partial charge in [0.05, 0.1) is 0 Å². The van der Waals surface area contributed by atoms with Gasteiger partial charge in [0.15, 0.2) is 0 Å². The minimum atomic E-state index is -4.30. The molecule has 128 valence electrons. The van der Waals surface area contributed by atoms with Gasteiger partial charge in [-0.1, -0.05) is 65.8 Å². The number of hydrogen-bond donors (Lipinski definition) is 1. The van der Waals surface area contributed by atoms with E-state index in [0.717, 1.165) is 16.5 Å². The molecule has 0 fully saturated rings. The molecular formula is C19H27NaO3S. The molecule has 5 heteroatoms. The van der Waals surface area contributed by atoms with Crippen molar-refractivity contribution < 1.29 is 44.0 Å². The standard InChI is InChI=1S/C19H26O3S.Na.H/c1-11(2)16-14-9-7-8-10-15(14)19(23(20,21)22)18(13(5)6)17(16)12(3)4;;/h7-13H,1-6H3,(H,20,21,22);;/q;+1;-1. The zero-order chi connectivity index (χ0) is 17.5. The number of fused-ring (bicyclic) bond motifs is 1. The number of hydrogen-bond acceptors (Lipinski definition) is 2. The maximum Gasteiger partial charge on any atom is 1.00 e. The second-order valence-electron chi connectivity index (χ2n) is 7.05. The van der Waals surface area contributed by atoms with Crippen molar-refractivity contribution in [3.63, 3.8) is 0 Å². The average molecular weight is 358 g/mol. The van der Waals surface area contributed by atoms with Gasteiger partial charge in [0.1, 0.15) is 4.90 Å². The topological polar surface area (TPSA) is 54.4 Å². The SMILES string of the molecule is CC(C)c1c(C(C)C)c(S(=O)(=O)O)c2ccccc2c1C(C)C.[H-].[Na+]. The van der Waals surface area contributed by atoms with Crippen LogP contribution < -0.4 is 29.6 Å². The summed E-state index contributed by atoms with van der Waals surface area (Å²) in [5, 5.41) is 1.54. The van der Waals surface area contributed by atoms with Crippen LogP contribution >= 0.6 is 0 Å². The van der Waals surface area contributed by atoms with E-state index in [0.29, 0.717) is 5.39 Å². The molecule has 2 aromatic rings. The number of rotatable bonds is 4. The molecule has 0 bridgehead atoms. The fraction of sp³-hybridized carbons (Fsp3) is 0.474. The minimum absolute atomic E-state index is 0. The van der Waals surface area contributed by atoms with Crippen molar-refractivity contribution in [2.24, 2.45) is 0 Å². The summed E-state index contributed by atoms with van der Waals surface area (Å²) in [5.74, 6) is 0.451. The van der Waals surface area contributed by atoms with Crippen molar-refractivity contribution in [3.05, 3.63) is 41.0 Å². The van der Waals surface area contributed by atoms with Gasteiger partial charge < -0.3 is 1.43 Å². The van der Waals surface area contributed by atoms with Crippen LogP contribution in [0.5, 0.6) is 0 Å². The third kappa shape index (κ3) is 3.88. The molecule has 3 nitrogen and oxygen atoms in total. The Labute approximate surface area is 169 Å². The van der Waals surface area contributed by atoms with Crippen LogP contribution in [0.15, 0.2) is 29.2 Å². The normalized spacial score (nSPS) is 12.2. The van der Waals surface area contributed by atoms with Gasteiger partial charge in [-0.05, 0) is 39.8 Å². The molecule has 0 saturated carbocycles. The Balaban J connectivity index is 0.00000288. The predicted molar refractivity (Wildman–Crippen MR) is 97.1 cm³/mol. The molecular weight excluding hydrogens is 331 g/mol. The van der Waals surface area contributed by atoms with Crippen LogP contribution in [0.2, 0.25) is 0 Å². The van der Waals surface area contributed by atoms with E-state index in [2.05, 4.69) is 27.7 Å². The van der Waals surface area contributed by atoms with E-state index in [-0.39, 0.29) is 53.6 Å². The van der Waals surface area contributed by atoms with Crippen molar-refractivity contribution in [3.8, 4) is 0 Å². The molecule has 0 aliphatic rings. The summed E-state index contributed by atoms with van der Waals surface area (Å²) in [4.78, 5) is 0.0798. The van der Waals surface area contributed by atoms with Crippen molar-refractivity contribution in [2.45, 2.75) is 64.2 Å². The molecule has 0 heterocycles. The fourth-order valence-corrected chi connectivity index (χ4v) is 4.65. The summed E-state index contributed by atoms with van der Waals surface area (Å²) in [6.07, 6.45) is 0. The van der Waals surface area contributed by atoms with E-state index in [4.69, 9.17) is 0 Å². The van der Waals surface area contributed by atoms with Crippen molar-refractivity contribution in [2.75, 3.05) is 0 Å². The van der Waals surface area contributed by atoms with Crippen molar-refractivity contribution in [1.82, 2.24) is 0 Å². The van der Waals surface area contributed by atoms with E-state index in [9.17, 15) is 13.0 Å². The molecule has 2 aromatic carbocycles. The molecule has 0 aliphatic heterocycles. The predicted octanol–water partition coefficient (Wildman–Crippen LogP) is 2.57. The van der Waals surface area contributed by atoms with Gasteiger partial charge >= 0.3 is 29.6 Å². The maximum atomic E-state index is 12.2. The second kappa shape index (κ2) is 7.88. The zero-order valence-electron chi connectivity index (χ0n) is 16.7. The first-order valence-electron chi connectivity index (χ1n) is 8.13. The molecule has 1 N–H and O–H groups in total. The molecule has 2 rings (SSSR count). The second-order valence-corrected chi connectivity index (χ2v) is 8.41. The van der Waals surface area contributed by atoms with Crippen LogP contribution in [0, 0.1) is 0 Å². The first-order valence-corrected chi connectivity index (χ1v) is 9.57. The Bertz CT molecular complexity index is 843. The third-order valence-electron chi connectivity index (χ3n) is 4.28. The van der Waals surface area contributed by atoms with Gasteiger partial charge in [-0.25, -0.2) is 0 Å². The summed E-state index contributed by atoms with van der Waals surface area (Å²) in [7, 11) is -4.30. The first kappa shape index (κ1) is 21.7. The minimum Gasteiger partial charge on any atom is -1.00 e. The Morgan fingerprint density at radius 2 is 1.21 bits per heavy atom.